The standard InChI is InChI=1S/C8H3BrF5NO/c9-4-1-3(10)2-5(11)6(4)15-7(16)8(12,13)14/h1-2H,(H,15,16). The summed E-state index contributed by atoms with van der Waals surface area (Å²) in [6.07, 6.45) is -5.14. The van der Waals surface area contributed by atoms with Gasteiger partial charge in [-0.1, -0.05) is 0 Å². The Bertz CT molecular complexity index is 408. The number of hydrogen-bond donors (Lipinski definition) is 1. The second-order valence-electron chi connectivity index (χ2n) is 2.70. The van der Waals surface area contributed by atoms with Crippen LogP contribution < -0.4 is 5.32 Å². The molecule has 88 valence electrons. The molecule has 0 aliphatic rings. The van der Waals surface area contributed by atoms with Crippen LogP contribution in [0.2, 0.25) is 0 Å². The smallest absolute Gasteiger partial charge is 0.315 e. The number of benzene rings is 1. The SMILES string of the molecule is O=C(Nc1c(F)cc(F)cc1Br)C(F)(F)F. The third kappa shape index (κ3) is 2.91. The average molecular weight is 304 g/mol. The first kappa shape index (κ1) is 12.9. The maximum atomic E-state index is 13.0. The Kier molecular flexibility index (Phi) is 3.51. The van der Waals surface area contributed by atoms with Crippen LogP contribution in [0.25, 0.3) is 0 Å². The molecule has 0 fully saturated rings. The maximum Gasteiger partial charge on any atom is 0.471 e. The van der Waals surface area contributed by atoms with Crippen LogP contribution in [0.5, 0.6) is 0 Å². The molecular formula is C8H3BrF5NO. The molecule has 1 amide bonds. The van der Waals surface area contributed by atoms with E-state index in [0.717, 1.165) is 6.07 Å². The molecule has 1 N–H and O–H groups in total. The summed E-state index contributed by atoms with van der Waals surface area (Å²) in [4.78, 5) is 10.5. The van der Waals surface area contributed by atoms with Crippen LogP contribution in [0.4, 0.5) is 27.6 Å². The van der Waals surface area contributed by atoms with Crippen molar-refractivity contribution in [2.75, 3.05) is 5.32 Å². The highest BCUT2D eigenvalue weighted by Crippen LogP contribution is 2.28. The summed E-state index contributed by atoms with van der Waals surface area (Å²) in [7, 11) is 0. The van der Waals surface area contributed by atoms with E-state index in [0.29, 0.717) is 6.07 Å². The monoisotopic (exact) mass is 303 g/mol. The van der Waals surface area contributed by atoms with Crippen LogP contribution in [-0.2, 0) is 4.79 Å². The van der Waals surface area contributed by atoms with Crippen molar-refractivity contribution in [1.82, 2.24) is 0 Å². The number of amides is 1. The summed E-state index contributed by atoms with van der Waals surface area (Å²) < 4.78 is 60.8. The van der Waals surface area contributed by atoms with Gasteiger partial charge < -0.3 is 5.32 Å². The third-order valence-corrected chi connectivity index (χ3v) is 2.13. The van der Waals surface area contributed by atoms with Crippen molar-refractivity contribution in [1.29, 1.82) is 0 Å². The summed E-state index contributed by atoms with van der Waals surface area (Å²) in [6.45, 7) is 0. The summed E-state index contributed by atoms with van der Waals surface area (Å²) in [5.41, 5.74) is -0.760. The molecule has 1 rings (SSSR count). The second-order valence-corrected chi connectivity index (χ2v) is 3.55. The minimum atomic E-state index is -5.14. The first-order valence-corrected chi connectivity index (χ1v) is 4.54. The molecule has 0 saturated heterocycles. The van der Waals surface area contributed by atoms with Crippen LogP contribution in [0.15, 0.2) is 16.6 Å². The second kappa shape index (κ2) is 4.36. The Labute approximate surface area is 94.6 Å². The normalized spacial score (nSPS) is 11.4. The maximum absolute atomic E-state index is 13.0. The van der Waals surface area contributed by atoms with Gasteiger partial charge in [0, 0.05) is 10.5 Å². The first-order chi connectivity index (χ1) is 7.21. The zero-order valence-electron chi connectivity index (χ0n) is 7.33. The van der Waals surface area contributed by atoms with Gasteiger partial charge in [-0.25, -0.2) is 8.78 Å². The largest absolute Gasteiger partial charge is 0.471 e. The summed E-state index contributed by atoms with van der Waals surface area (Å²) in [6, 6.07) is 1.09. The molecule has 0 aromatic heterocycles. The molecule has 0 saturated carbocycles. The van der Waals surface area contributed by atoms with Crippen LogP contribution in [-0.4, -0.2) is 12.1 Å². The highest BCUT2D eigenvalue weighted by atomic mass is 79.9. The van der Waals surface area contributed by atoms with Crippen molar-refractivity contribution in [2.45, 2.75) is 6.18 Å². The van der Waals surface area contributed by atoms with E-state index in [2.05, 4.69) is 15.9 Å². The molecule has 0 bridgehead atoms. The Morgan fingerprint density at radius 3 is 2.25 bits per heavy atom. The van der Waals surface area contributed by atoms with Gasteiger partial charge in [-0.2, -0.15) is 13.2 Å². The Morgan fingerprint density at radius 1 is 1.25 bits per heavy atom. The van der Waals surface area contributed by atoms with E-state index in [1.807, 2.05) is 0 Å². The zero-order chi connectivity index (χ0) is 12.5. The summed E-state index contributed by atoms with van der Waals surface area (Å²) >= 11 is 2.63. The van der Waals surface area contributed by atoms with E-state index in [4.69, 9.17) is 0 Å². The predicted octanol–water partition coefficient (Wildman–Crippen LogP) is 3.23. The number of carbonyl (C=O) groups excluding carboxylic acids is 1. The van der Waals surface area contributed by atoms with Gasteiger partial charge >= 0.3 is 12.1 Å². The molecule has 16 heavy (non-hydrogen) atoms. The van der Waals surface area contributed by atoms with Gasteiger partial charge in [0.2, 0.25) is 0 Å². The number of carbonyl (C=O) groups is 1. The highest BCUT2D eigenvalue weighted by Gasteiger charge is 2.39. The number of anilines is 1. The Hall–Kier alpha value is -1.18. The average Bonchev–Trinajstić information content (AvgIpc) is 2.08. The zero-order valence-corrected chi connectivity index (χ0v) is 8.92. The lowest BCUT2D eigenvalue weighted by molar-refractivity contribution is -0.167. The van der Waals surface area contributed by atoms with Crippen LogP contribution in [0.3, 0.4) is 0 Å². The van der Waals surface area contributed by atoms with Gasteiger partial charge in [0.05, 0.1) is 5.69 Å². The first-order valence-electron chi connectivity index (χ1n) is 3.74. The highest BCUT2D eigenvalue weighted by molar-refractivity contribution is 9.10. The molecule has 0 radical (unpaired) electrons. The van der Waals surface area contributed by atoms with E-state index < -0.39 is 29.4 Å². The topological polar surface area (TPSA) is 29.1 Å². The lowest BCUT2D eigenvalue weighted by atomic mass is 10.3. The van der Waals surface area contributed by atoms with Gasteiger partial charge in [-0.3, -0.25) is 4.79 Å². The van der Waals surface area contributed by atoms with E-state index in [1.54, 1.807) is 0 Å². The minimum absolute atomic E-state index is 0.317. The molecule has 0 aliphatic heterocycles. The Morgan fingerprint density at radius 2 is 1.81 bits per heavy atom. The number of alkyl halides is 3. The lowest BCUT2D eigenvalue weighted by Gasteiger charge is -2.10. The third-order valence-electron chi connectivity index (χ3n) is 1.50. The molecule has 0 spiro atoms. The molecule has 0 atom stereocenters. The van der Waals surface area contributed by atoms with Crippen molar-refractivity contribution in [2.24, 2.45) is 0 Å². The van der Waals surface area contributed by atoms with E-state index in [1.165, 1.54) is 5.32 Å². The van der Waals surface area contributed by atoms with Crippen molar-refractivity contribution >= 4 is 27.5 Å². The molecule has 2 nitrogen and oxygen atoms in total. The molecule has 0 aliphatic carbocycles. The summed E-state index contributed by atoms with van der Waals surface area (Å²) in [5.74, 6) is -4.61. The molecule has 0 heterocycles. The van der Waals surface area contributed by atoms with E-state index in [-0.39, 0.29) is 4.47 Å². The molecular weight excluding hydrogens is 301 g/mol. The molecule has 1 aromatic carbocycles. The molecule has 0 unspecified atom stereocenters. The van der Waals surface area contributed by atoms with Crippen LogP contribution >= 0.6 is 15.9 Å². The fraction of sp³-hybridized carbons (Fsp3) is 0.125. The van der Waals surface area contributed by atoms with Gasteiger partial charge in [-0.05, 0) is 22.0 Å². The fourth-order valence-corrected chi connectivity index (χ4v) is 1.35. The van der Waals surface area contributed by atoms with E-state index in [9.17, 15) is 26.7 Å². The quantitative estimate of drug-likeness (QED) is 0.793. The lowest BCUT2D eigenvalue weighted by Crippen LogP contribution is -2.30. The number of nitrogens with one attached hydrogen (secondary N) is 1. The molecule has 8 heteroatoms. The van der Waals surface area contributed by atoms with Crippen molar-refractivity contribution in [3.63, 3.8) is 0 Å². The fourth-order valence-electron chi connectivity index (χ4n) is 0.846. The van der Waals surface area contributed by atoms with Crippen LogP contribution in [0.1, 0.15) is 0 Å². The number of hydrogen-bond acceptors (Lipinski definition) is 1. The number of rotatable bonds is 1. The van der Waals surface area contributed by atoms with Gasteiger partial charge in [0.15, 0.2) is 5.82 Å². The van der Waals surface area contributed by atoms with Crippen molar-refractivity contribution in [3.8, 4) is 0 Å². The molecule has 1 aromatic rings. The predicted molar refractivity (Wildman–Crippen MR) is 48.7 cm³/mol. The van der Waals surface area contributed by atoms with Crippen molar-refractivity contribution in [3.05, 3.63) is 28.2 Å². The van der Waals surface area contributed by atoms with E-state index >= 15 is 0 Å². The minimum Gasteiger partial charge on any atom is -0.315 e. The number of halogens is 6. The van der Waals surface area contributed by atoms with Crippen LogP contribution in [0, 0.1) is 11.6 Å². The van der Waals surface area contributed by atoms with Gasteiger partial charge in [0.25, 0.3) is 0 Å². The Balaban J connectivity index is 3.03. The van der Waals surface area contributed by atoms with Gasteiger partial charge in [0.1, 0.15) is 5.82 Å². The van der Waals surface area contributed by atoms with Crippen molar-refractivity contribution < 1.29 is 26.7 Å². The van der Waals surface area contributed by atoms with Gasteiger partial charge in [-0.15, -0.1) is 0 Å². The summed E-state index contributed by atoms with van der Waals surface area (Å²) in [5, 5.41) is 1.29.